The lowest BCUT2D eigenvalue weighted by Gasteiger charge is -2.08. The molecule has 0 bridgehead atoms. The number of unbranched alkanes of at least 4 members (excludes halogenated alkanes) is 1. The van der Waals surface area contributed by atoms with Crippen LogP contribution in [0.1, 0.15) is 32.1 Å². The Hall–Kier alpha value is -0.610. The molecule has 15 heavy (non-hydrogen) atoms. The predicted molar refractivity (Wildman–Crippen MR) is 57.9 cm³/mol. The van der Waals surface area contributed by atoms with Gasteiger partial charge in [-0.3, -0.25) is 4.79 Å². The van der Waals surface area contributed by atoms with Crippen molar-refractivity contribution >= 4 is 5.97 Å². The fraction of sp³-hybridized carbons (Fsp3) is 0.909. The molecule has 4 heteroatoms. The van der Waals surface area contributed by atoms with E-state index in [0.29, 0.717) is 0 Å². The summed E-state index contributed by atoms with van der Waals surface area (Å²) in [7, 11) is 0. The topological polar surface area (TPSA) is 58.6 Å². The monoisotopic (exact) mass is 215 g/mol. The molecule has 4 nitrogen and oxygen atoms in total. The molecule has 1 aliphatic rings. The average Bonchev–Trinajstić information content (AvgIpc) is 2.68. The molecule has 88 valence electrons. The molecule has 0 aromatic carbocycles. The third-order valence-corrected chi connectivity index (χ3v) is 2.75. The Morgan fingerprint density at radius 1 is 1.40 bits per heavy atom. The molecule has 0 amide bonds. The van der Waals surface area contributed by atoms with Crippen molar-refractivity contribution in [2.24, 2.45) is 5.92 Å². The summed E-state index contributed by atoms with van der Waals surface area (Å²) in [5.74, 6) is 0.0367. The van der Waals surface area contributed by atoms with Crippen LogP contribution in [0.5, 0.6) is 0 Å². The molecule has 0 saturated carbocycles. The Kier molecular flexibility index (Phi) is 6.36. The van der Waals surface area contributed by atoms with E-state index in [2.05, 4.69) is 5.32 Å². The van der Waals surface area contributed by atoms with E-state index in [9.17, 15) is 4.79 Å². The second-order valence-electron chi connectivity index (χ2n) is 4.12. The van der Waals surface area contributed by atoms with Gasteiger partial charge in [-0.2, -0.15) is 0 Å². The molecule has 1 atom stereocenters. The van der Waals surface area contributed by atoms with E-state index in [4.69, 9.17) is 9.84 Å². The van der Waals surface area contributed by atoms with Crippen molar-refractivity contribution in [2.45, 2.75) is 32.1 Å². The molecule has 0 spiro atoms. The highest BCUT2D eigenvalue weighted by Gasteiger charge is 2.14. The van der Waals surface area contributed by atoms with Gasteiger partial charge in [0.2, 0.25) is 0 Å². The first-order valence-electron chi connectivity index (χ1n) is 5.79. The molecule has 1 unspecified atom stereocenters. The van der Waals surface area contributed by atoms with Crippen molar-refractivity contribution in [3.63, 3.8) is 0 Å². The first-order valence-corrected chi connectivity index (χ1v) is 5.79. The number of aliphatic carboxylic acids is 1. The van der Waals surface area contributed by atoms with Gasteiger partial charge >= 0.3 is 5.97 Å². The minimum Gasteiger partial charge on any atom is -0.481 e. The normalized spacial score (nSPS) is 20.7. The number of carboxylic acid groups (broad SMARTS) is 1. The number of carbonyl (C=O) groups is 1. The molecule has 0 radical (unpaired) electrons. The first kappa shape index (κ1) is 12.5. The van der Waals surface area contributed by atoms with E-state index in [1.54, 1.807) is 0 Å². The van der Waals surface area contributed by atoms with Crippen LogP contribution in [0.15, 0.2) is 0 Å². The molecule has 1 aliphatic heterocycles. The molecular formula is C11H21NO3. The van der Waals surface area contributed by atoms with Crippen molar-refractivity contribution < 1.29 is 14.6 Å². The van der Waals surface area contributed by atoms with E-state index >= 15 is 0 Å². The number of hydrogen-bond acceptors (Lipinski definition) is 3. The van der Waals surface area contributed by atoms with Crippen molar-refractivity contribution in [3.8, 4) is 0 Å². The average molecular weight is 215 g/mol. The molecule has 2 N–H and O–H groups in total. The molecule has 0 aromatic heterocycles. The van der Waals surface area contributed by atoms with Crippen LogP contribution in [0.2, 0.25) is 0 Å². The summed E-state index contributed by atoms with van der Waals surface area (Å²) in [6.45, 7) is 3.80. The largest absolute Gasteiger partial charge is 0.481 e. The summed E-state index contributed by atoms with van der Waals surface area (Å²) in [5, 5.41) is 11.8. The van der Waals surface area contributed by atoms with Crippen molar-refractivity contribution in [1.82, 2.24) is 5.32 Å². The molecule has 1 saturated heterocycles. The van der Waals surface area contributed by atoms with Gasteiger partial charge in [0.25, 0.3) is 0 Å². The van der Waals surface area contributed by atoms with Crippen molar-refractivity contribution in [2.75, 3.05) is 26.3 Å². The Morgan fingerprint density at radius 2 is 2.27 bits per heavy atom. The summed E-state index contributed by atoms with van der Waals surface area (Å²) in [6, 6.07) is 0. The summed E-state index contributed by atoms with van der Waals surface area (Å²) < 4.78 is 5.29. The Labute approximate surface area is 91.0 Å². The second kappa shape index (κ2) is 7.65. The van der Waals surface area contributed by atoms with Gasteiger partial charge in [0, 0.05) is 19.6 Å². The minimum atomic E-state index is -0.696. The standard InChI is InChI=1S/C11H21NO3/c13-11(14)3-1-2-6-12-7-4-10-5-8-15-9-10/h10,12H,1-9H2,(H,13,14). The van der Waals surface area contributed by atoms with Gasteiger partial charge in [0.1, 0.15) is 0 Å². The maximum atomic E-state index is 10.2. The predicted octanol–water partition coefficient (Wildman–Crippen LogP) is 1.26. The van der Waals surface area contributed by atoms with E-state index in [1.165, 1.54) is 12.8 Å². The molecule has 0 aromatic rings. The minimum absolute atomic E-state index is 0.290. The van der Waals surface area contributed by atoms with Crippen LogP contribution in [-0.2, 0) is 9.53 Å². The molecular weight excluding hydrogens is 194 g/mol. The lowest BCUT2D eigenvalue weighted by atomic mass is 10.1. The summed E-state index contributed by atoms with van der Waals surface area (Å²) in [4.78, 5) is 10.2. The van der Waals surface area contributed by atoms with Gasteiger partial charge in [0.15, 0.2) is 0 Å². The van der Waals surface area contributed by atoms with Gasteiger partial charge < -0.3 is 15.2 Å². The van der Waals surface area contributed by atoms with E-state index in [1.807, 2.05) is 0 Å². The van der Waals surface area contributed by atoms with Gasteiger partial charge in [-0.05, 0) is 44.7 Å². The number of hydrogen-bond donors (Lipinski definition) is 2. The van der Waals surface area contributed by atoms with Gasteiger partial charge in [-0.1, -0.05) is 0 Å². The number of nitrogens with one attached hydrogen (secondary N) is 1. The quantitative estimate of drug-likeness (QED) is 0.598. The highest BCUT2D eigenvalue weighted by atomic mass is 16.5. The molecule has 1 heterocycles. The number of carboxylic acids is 1. The lowest BCUT2D eigenvalue weighted by Crippen LogP contribution is -2.19. The number of rotatable bonds is 8. The Bertz CT molecular complexity index is 179. The van der Waals surface area contributed by atoms with Crippen LogP contribution in [0.3, 0.4) is 0 Å². The third-order valence-electron chi connectivity index (χ3n) is 2.75. The molecule has 1 rings (SSSR count). The van der Waals surface area contributed by atoms with Crippen LogP contribution in [0, 0.1) is 5.92 Å². The lowest BCUT2D eigenvalue weighted by molar-refractivity contribution is -0.137. The maximum Gasteiger partial charge on any atom is 0.303 e. The SMILES string of the molecule is O=C(O)CCCCNCCC1CCOC1. The van der Waals surface area contributed by atoms with Crippen molar-refractivity contribution in [1.29, 1.82) is 0 Å². The highest BCUT2D eigenvalue weighted by Crippen LogP contribution is 2.14. The first-order chi connectivity index (χ1) is 7.29. The highest BCUT2D eigenvalue weighted by molar-refractivity contribution is 5.66. The van der Waals surface area contributed by atoms with E-state index in [-0.39, 0.29) is 6.42 Å². The molecule has 0 aliphatic carbocycles. The zero-order chi connectivity index (χ0) is 10.9. The Morgan fingerprint density at radius 3 is 2.93 bits per heavy atom. The van der Waals surface area contributed by atoms with Crippen molar-refractivity contribution in [3.05, 3.63) is 0 Å². The van der Waals surface area contributed by atoms with E-state index in [0.717, 1.165) is 45.1 Å². The smallest absolute Gasteiger partial charge is 0.303 e. The number of ether oxygens (including phenoxy) is 1. The summed E-state index contributed by atoms with van der Waals surface area (Å²) in [6.07, 6.45) is 4.39. The third kappa shape index (κ3) is 6.47. The summed E-state index contributed by atoms with van der Waals surface area (Å²) in [5.41, 5.74) is 0. The van der Waals surface area contributed by atoms with Gasteiger partial charge in [0.05, 0.1) is 0 Å². The fourth-order valence-corrected chi connectivity index (χ4v) is 1.77. The second-order valence-corrected chi connectivity index (χ2v) is 4.12. The maximum absolute atomic E-state index is 10.2. The van der Waals surface area contributed by atoms with Crippen LogP contribution in [0.25, 0.3) is 0 Å². The van der Waals surface area contributed by atoms with Gasteiger partial charge in [-0.25, -0.2) is 0 Å². The van der Waals surface area contributed by atoms with E-state index < -0.39 is 5.97 Å². The molecule has 1 fully saturated rings. The van der Waals surface area contributed by atoms with Crippen LogP contribution in [-0.4, -0.2) is 37.4 Å². The van der Waals surface area contributed by atoms with Gasteiger partial charge in [-0.15, -0.1) is 0 Å². The Balaban J connectivity index is 1.78. The zero-order valence-electron chi connectivity index (χ0n) is 9.21. The summed E-state index contributed by atoms with van der Waals surface area (Å²) >= 11 is 0. The van der Waals surface area contributed by atoms with Crippen LogP contribution >= 0.6 is 0 Å². The van der Waals surface area contributed by atoms with Crippen LogP contribution < -0.4 is 5.32 Å². The fourth-order valence-electron chi connectivity index (χ4n) is 1.77. The van der Waals surface area contributed by atoms with Crippen LogP contribution in [0.4, 0.5) is 0 Å². The zero-order valence-corrected chi connectivity index (χ0v) is 9.21.